The van der Waals surface area contributed by atoms with Crippen LogP contribution in [0.3, 0.4) is 0 Å². The van der Waals surface area contributed by atoms with Crippen molar-refractivity contribution in [1.82, 2.24) is 0 Å². The third kappa shape index (κ3) is 4.00. The van der Waals surface area contributed by atoms with E-state index in [2.05, 4.69) is 49.8 Å². The van der Waals surface area contributed by atoms with Crippen molar-refractivity contribution >= 4 is 35.8 Å². The van der Waals surface area contributed by atoms with Crippen LogP contribution in [0.25, 0.3) is 0 Å². The Morgan fingerprint density at radius 3 is 2.41 bits per heavy atom. The van der Waals surface area contributed by atoms with Gasteiger partial charge >= 0.3 is 0 Å². The number of amides is 1. The van der Waals surface area contributed by atoms with E-state index >= 15 is 0 Å². The lowest BCUT2D eigenvalue weighted by molar-refractivity contribution is -0.117. The van der Waals surface area contributed by atoms with E-state index in [0.29, 0.717) is 18.9 Å². The molecule has 22 heavy (non-hydrogen) atoms. The van der Waals surface area contributed by atoms with Crippen molar-refractivity contribution < 1.29 is 9.22 Å². The highest BCUT2D eigenvalue weighted by Gasteiger charge is 2.39. The summed E-state index contributed by atoms with van der Waals surface area (Å²) in [6.45, 7) is 12.7. The zero-order valence-corrected chi connectivity index (χ0v) is 16.7. The van der Waals surface area contributed by atoms with Gasteiger partial charge in [-0.3, -0.25) is 4.79 Å². The monoisotopic (exact) mass is 383 g/mol. The van der Waals surface area contributed by atoms with E-state index in [1.165, 1.54) is 0 Å². The highest BCUT2D eigenvalue weighted by atomic mass is 79.9. The molecule has 0 saturated carbocycles. The molecule has 1 atom stereocenters. The number of carbonyl (C=O) groups excluding carboxylic acids is 1. The van der Waals surface area contributed by atoms with Crippen LogP contribution >= 0.6 is 15.9 Å². The largest absolute Gasteiger partial charge is 0.416 e. The fourth-order valence-electron chi connectivity index (χ4n) is 2.31. The van der Waals surface area contributed by atoms with Gasteiger partial charge in [0, 0.05) is 35.7 Å². The molecular formula is C17H26BrNO2Si. The van der Waals surface area contributed by atoms with Gasteiger partial charge in [0.15, 0.2) is 8.32 Å². The van der Waals surface area contributed by atoms with Gasteiger partial charge in [-0.05, 0) is 42.4 Å². The number of carbonyl (C=O) groups is 1. The van der Waals surface area contributed by atoms with Crippen molar-refractivity contribution in [2.45, 2.75) is 45.3 Å². The van der Waals surface area contributed by atoms with Crippen molar-refractivity contribution in [3.8, 4) is 0 Å². The van der Waals surface area contributed by atoms with Gasteiger partial charge in [-0.15, -0.1) is 0 Å². The average Bonchev–Trinajstić information content (AvgIpc) is 2.77. The second-order valence-electron chi connectivity index (χ2n) is 7.62. The van der Waals surface area contributed by atoms with Crippen LogP contribution in [0, 0.1) is 5.92 Å². The number of benzene rings is 1. The van der Waals surface area contributed by atoms with Crippen LogP contribution in [-0.2, 0) is 9.22 Å². The molecule has 5 heteroatoms. The number of hydrogen-bond acceptors (Lipinski definition) is 2. The highest BCUT2D eigenvalue weighted by molar-refractivity contribution is 9.10. The summed E-state index contributed by atoms with van der Waals surface area (Å²) in [7, 11) is -1.74. The molecule has 1 fully saturated rings. The molecular weight excluding hydrogens is 358 g/mol. The van der Waals surface area contributed by atoms with Gasteiger partial charge in [0.05, 0.1) is 0 Å². The number of hydrogen-bond donors (Lipinski definition) is 0. The van der Waals surface area contributed by atoms with Gasteiger partial charge in [0.2, 0.25) is 5.91 Å². The van der Waals surface area contributed by atoms with Crippen LogP contribution in [0.15, 0.2) is 28.7 Å². The summed E-state index contributed by atoms with van der Waals surface area (Å²) in [6.07, 6.45) is 0.588. The average molecular weight is 384 g/mol. The Bertz CT molecular complexity index is 537. The first-order valence-corrected chi connectivity index (χ1v) is 11.5. The Morgan fingerprint density at radius 1 is 1.27 bits per heavy atom. The molecule has 0 spiro atoms. The van der Waals surface area contributed by atoms with Gasteiger partial charge in [0.25, 0.3) is 0 Å². The van der Waals surface area contributed by atoms with Crippen molar-refractivity contribution in [2.24, 2.45) is 5.92 Å². The minimum atomic E-state index is -1.74. The van der Waals surface area contributed by atoms with Crippen LogP contribution in [0.1, 0.15) is 27.2 Å². The molecule has 1 aromatic rings. The Kier molecular flexibility index (Phi) is 5.19. The summed E-state index contributed by atoms with van der Waals surface area (Å²) >= 11 is 3.43. The standard InChI is InChI=1S/C17H26BrNO2Si/c1-17(2,3)22(4,5)21-12-13-10-16(20)19(11-13)15-8-6-14(18)7-9-15/h6-9,13H,10-12H2,1-5H3. The lowest BCUT2D eigenvalue weighted by Gasteiger charge is -2.36. The number of anilines is 1. The quantitative estimate of drug-likeness (QED) is 0.697. The zero-order chi connectivity index (χ0) is 16.5. The number of rotatable bonds is 4. The molecule has 3 nitrogen and oxygen atoms in total. The molecule has 1 heterocycles. The lowest BCUT2D eigenvalue weighted by Crippen LogP contribution is -2.42. The molecule has 1 amide bonds. The lowest BCUT2D eigenvalue weighted by atomic mass is 10.1. The second-order valence-corrected chi connectivity index (χ2v) is 13.3. The maximum absolute atomic E-state index is 12.3. The van der Waals surface area contributed by atoms with Crippen LogP contribution in [0.4, 0.5) is 5.69 Å². The Balaban J connectivity index is 1.97. The molecule has 0 aliphatic carbocycles. The van der Waals surface area contributed by atoms with E-state index in [1.54, 1.807) is 0 Å². The van der Waals surface area contributed by atoms with Crippen molar-refractivity contribution in [1.29, 1.82) is 0 Å². The van der Waals surface area contributed by atoms with Crippen LogP contribution < -0.4 is 4.90 Å². The van der Waals surface area contributed by atoms with Gasteiger partial charge in [-0.25, -0.2) is 0 Å². The first kappa shape index (κ1) is 17.7. The van der Waals surface area contributed by atoms with Gasteiger partial charge in [-0.2, -0.15) is 0 Å². The molecule has 122 valence electrons. The van der Waals surface area contributed by atoms with Gasteiger partial charge < -0.3 is 9.33 Å². The summed E-state index contributed by atoms with van der Waals surface area (Å²) in [5.41, 5.74) is 0.975. The summed E-state index contributed by atoms with van der Waals surface area (Å²) < 4.78 is 7.31. The Hall–Kier alpha value is -0.653. The summed E-state index contributed by atoms with van der Waals surface area (Å²) in [4.78, 5) is 14.1. The fraction of sp³-hybridized carbons (Fsp3) is 0.588. The van der Waals surface area contributed by atoms with Crippen LogP contribution in [0.5, 0.6) is 0 Å². The smallest absolute Gasteiger partial charge is 0.227 e. The van der Waals surface area contributed by atoms with Crippen molar-refractivity contribution in [2.75, 3.05) is 18.1 Å². The molecule has 1 aromatic carbocycles. The molecule has 2 rings (SSSR count). The van der Waals surface area contributed by atoms with Crippen LogP contribution in [0.2, 0.25) is 18.1 Å². The predicted molar refractivity (Wildman–Crippen MR) is 97.8 cm³/mol. The molecule has 0 N–H and O–H groups in total. The Morgan fingerprint density at radius 2 is 1.86 bits per heavy atom. The third-order valence-electron chi connectivity index (χ3n) is 4.83. The molecule has 1 unspecified atom stereocenters. The Labute approximate surface area is 143 Å². The van der Waals surface area contributed by atoms with E-state index in [4.69, 9.17) is 4.43 Å². The maximum atomic E-state index is 12.3. The molecule has 0 radical (unpaired) electrons. The molecule has 1 aliphatic rings. The number of nitrogens with zero attached hydrogens (tertiary/aromatic N) is 1. The molecule has 1 saturated heterocycles. The van der Waals surface area contributed by atoms with E-state index < -0.39 is 8.32 Å². The summed E-state index contributed by atoms with van der Waals surface area (Å²) in [6, 6.07) is 7.92. The topological polar surface area (TPSA) is 29.5 Å². The SMILES string of the molecule is CC(C)(C)[Si](C)(C)OCC1CC(=O)N(c2ccc(Br)cc2)C1. The van der Waals surface area contributed by atoms with Gasteiger partial charge in [-0.1, -0.05) is 36.7 Å². The highest BCUT2D eigenvalue weighted by Crippen LogP contribution is 2.37. The van der Waals surface area contributed by atoms with E-state index in [9.17, 15) is 4.79 Å². The van der Waals surface area contributed by atoms with Gasteiger partial charge in [0.1, 0.15) is 0 Å². The van der Waals surface area contributed by atoms with Crippen LogP contribution in [-0.4, -0.2) is 27.4 Å². The molecule has 1 aliphatic heterocycles. The zero-order valence-electron chi connectivity index (χ0n) is 14.1. The second kappa shape index (κ2) is 6.46. The van der Waals surface area contributed by atoms with E-state index in [-0.39, 0.29) is 10.9 Å². The van der Waals surface area contributed by atoms with E-state index in [0.717, 1.165) is 16.7 Å². The first-order chi connectivity index (χ1) is 10.1. The molecule has 0 bridgehead atoms. The van der Waals surface area contributed by atoms with Crippen molar-refractivity contribution in [3.05, 3.63) is 28.7 Å². The molecule has 0 aromatic heterocycles. The summed E-state index contributed by atoms with van der Waals surface area (Å²) in [5, 5.41) is 0.209. The minimum absolute atomic E-state index is 0.200. The number of halogens is 1. The third-order valence-corrected chi connectivity index (χ3v) is 9.86. The normalized spacial score (nSPS) is 19.8. The first-order valence-electron chi connectivity index (χ1n) is 7.80. The summed E-state index contributed by atoms with van der Waals surface area (Å²) in [5.74, 6) is 0.497. The van der Waals surface area contributed by atoms with E-state index in [1.807, 2.05) is 29.2 Å². The van der Waals surface area contributed by atoms with Crippen molar-refractivity contribution in [3.63, 3.8) is 0 Å². The predicted octanol–water partition coefficient (Wildman–Crippen LogP) is 4.82. The minimum Gasteiger partial charge on any atom is -0.416 e. The fourth-order valence-corrected chi connectivity index (χ4v) is 3.66. The maximum Gasteiger partial charge on any atom is 0.227 e.